The Morgan fingerprint density at radius 3 is 2.47 bits per heavy atom. The van der Waals surface area contributed by atoms with E-state index in [2.05, 4.69) is 18.1 Å². The van der Waals surface area contributed by atoms with Crippen LogP contribution in [0.4, 0.5) is 0 Å². The Kier molecular flexibility index (Phi) is 4.51. The second-order valence-electron chi connectivity index (χ2n) is 4.25. The Morgan fingerprint density at radius 1 is 1.47 bits per heavy atom. The molecule has 86 valence electrons. The molecule has 0 aliphatic carbocycles. The number of hydrogen-bond donors (Lipinski definition) is 1. The van der Waals surface area contributed by atoms with Gasteiger partial charge in [-0.15, -0.1) is 13.2 Å². The van der Waals surface area contributed by atoms with E-state index in [9.17, 15) is 5.11 Å². The molecule has 3 nitrogen and oxygen atoms in total. The molecule has 1 N–H and O–H groups in total. The standard InChI is InChI=1S/C12H21NO2/c1-4-8-13(9-5-2)10-11-6-7-12(3,14)15-11/h4-5,11,14H,1-2,6-10H2,3H3. The highest BCUT2D eigenvalue weighted by Gasteiger charge is 2.34. The number of hydrogen-bond acceptors (Lipinski definition) is 3. The normalized spacial score (nSPS) is 30.7. The first-order valence-electron chi connectivity index (χ1n) is 5.42. The first-order valence-corrected chi connectivity index (χ1v) is 5.42. The predicted octanol–water partition coefficient (Wildman–Crippen LogP) is 1.55. The molecule has 1 rings (SSSR count). The Morgan fingerprint density at radius 2 is 2.07 bits per heavy atom. The summed E-state index contributed by atoms with van der Waals surface area (Å²) in [4.78, 5) is 2.20. The summed E-state index contributed by atoms with van der Waals surface area (Å²) in [5.74, 6) is -0.932. The molecule has 0 bridgehead atoms. The third-order valence-electron chi connectivity index (χ3n) is 2.59. The molecule has 1 fully saturated rings. The summed E-state index contributed by atoms with van der Waals surface area (Å²) in [6.45, 7) is 11.6. The lowest BCUT2D eigenvalue weighted by atomic mass is 10.1. The van der Waals surface area contributed by atoms with E-state index in [1.54, 1.807) is 6.92 Å². The van der Waals surface area contributed by atoms with Crippen molar-refractivity contribution in [3.05, 3.63) is 25.3 Å². The van der Waals surface area contributed by atoms with Gasteiger partial charge >= 0.3 is 0 Å². The third kappa shape index (κ3) is 4.16. The van der Waals surface area contributed by atoms with Gasteiger partial charge in [-0.1, -0.05) is 12.2 Å². The molecule has 0 aromatic heterocycles. The Labute approximate surface area is 92.0 Å². The zero-order valence-corrected chi connectivity index (χ0v) is 9.48. The van der Waals surface area contributed by atoms with Crippen LogP contribution in [0.1, 0.15) is 19.8 Å². The lowest BCUT2D eigenvalue weighted by Crippen LogP contribution is -2.34. The molecule has 15 heavy (non-hydrogen) atoms. The maximum absolute atomic E-state index is 9.66. The van der Waals surface area contributed by atoms with Crippen LogP contribution in [0, 0.1) is 0 Å². The average Bonchev–Trinajstić information content (AvgIpc) is 2.46. The van der Waals surface area contributed by atoms with Crippen LogP contribution in [0.2, 0.25) is 0 Å². The second kappa shape index (κ2) is 5.45. The maximum Gasteiger partial charge on any atom is 0.163 e. The number of rotatable bonds is 6. The molecule has 1 saturated heterocycles. The van der Waals surface area contributed by atoms with E-state index in [0.29, 0.717) is 6.42 Å². The number of ether oxygens (including phenoxy) is 1. The fourth-order valence-corrected chi connectivity index (χ4v) is 1.91. The topological polar surface area (TPSA) is 32.7 Å². The van der Waals surface area contributed by atoms with Gasteiger partial charge in [0.2, 0.25) is 0 Å². The van der Waals surface area contributed by atoms with E-state index >= 15 is 0 Å². The van der Waals surface area contributed by atoms with Crippen LogP contribution in [0.15, 0.2) is 25.3 Å². The van der Waals surface area contributed by atoms with E-state index in [4.69, 9.17) is 4.74 Å². The van der Waals surface area contributed by atoms with E-state index in [1.165, 1.54) is 0 Å². The first kappa shape index (κ1) is 12.4. The van der Waals surface area contributed by atoms with Crippen molar-refractivity contribution in [2.24, 2.45) is 0 Å². The molecule has 0 aromatic rings. The highest BCUT2D eigenvalue weighted by atomic mass is 16.6. The minimum Gasteiger partial charge on any atom is -0.366 e. The first-order chi connectivity index (χ1) is 7.07. The smallest absolute Gasteiger partial charge is 0.163 e. The van der Waals surface area contributed by atoms with Crippen molar-refractivity contribution in [1.82, 2.24) is 4.90 Å². The van der Waals surface area contributed by atoms with E-state index < -0.39 is 5.79 Å². The van der Waals surface area contributed by atoms with E-state index in [1.807, 2.05) is 12.2 Å². The zero-order chi connectivity index (χ0) is 11.3. The number of aliphatic hydroxyl groups is 1. The van der Waals surface area contributed by atoms with Gasteiger partial charge in [-0.3, -0.25) is 4.90 Å². The van der Waals surface area contributed by atoms with Crippen LogP contribution >= 0.6 is 0 Å². The average molecular weight is 211 g/mol. The van der Waals surface area contributed by atoms with Crippen molar-refractivity contribution < 1.29 is 9.84 Å². The van der Waals surface area contributed by atoms with Gasteiger partial charge in [0.05, 0.1) is 6.10 Å². The largest absolute Gasteiger partial charge is 0.366 e. The minimum absolute atomic E-state index is 0.125. The summed E-state index contributed by atoms with van der Waals surface area (Å²) in [6.07, 6.45) is 5.50. The molecule has 1 heterocycles. The van der Waals surface area contributed by atoms with Gasteiger partial charge in [0.15, 0.2) is 5.79 Å². The molecule has 0 radical (unpaired) electrons. The minimum atomic E-state index is -0.932. The highest BCUT2D eigenvalue weighted by Crippen LogP contribution is 2.27. The van der Waals surface area contributed by atoms with Crippen molar-refractivity contribution in [3.8, 4) is 0 Å². The summed E-state index contributed by atoms with van der Waals surface area (Å²) in [6, 6.07) is 0. The van der Waals surface area contributed by atoms with Crippen LogP contribution in [0.3, 0.4) is 0 Å². The SMILES string of the molecule is C=CCN(CC=C)CC1CCC(C)(O)O1. The van der Waals surface area contributed by atoms with Crippen LogP contribution in [0.25, 0.3) is 0 Å². The van der Waals surface area contributed by atoms with Gasteiger partial charge in [0, 0.05) is 26.1 Å². The van der Waals surface area contributed by atoms with Crippen molar-refractivity contribution in [1.29, 1.82) is 0 Å². The molecule has 2 atom stereocenters. The molecular weight excluding hydrogens is 190 g/mol. The van der Waals surface area contributed by atoms with E-state index in [0.717, 1.165) is 26.1 Å². The zero-order valence-electron chi connectivity index (χ0n) is 9.48. The highest BCUT2D eigenvalue weighted by molar-refractivity contribution is 4.84. The number of nitrogens with zero attached hydrogens (tertiary/aromatic N) is 1. The molecule has 0 aromatic carbocycles. The van der Waals surface area contributed by atoms with Gasteiger partial charge in [-0.25, -0.2) is 0 Å². The summed E-state index contributed by atoms with van der Waals surface area (Å²) in [5.41, 5.74) is 0. The molecule has 1 aliphatic heterocycles. The van der Waals surface area contributed by atoms with Crippen LogP contribution in [-0.2, 0) is 4.74 Å². The second-order valence-corrected chi connectivity index (χ2v) is 4.25. The Balaban J connectivity index is 2.38. The van der Waals surface area contributed by atoms with Crippen molar-refractivity contribution in [3.63, 3.8) is 0 Å². The molecule has 0 saturated carbocycles. The van der Waals surface area contributed by atoms with Crippen molar-refractivity contribution in [2.75, 3.05) is 19.6 Å². The van der Waals surface area contributed by atoms with Crippen LogP contribution in [0.5, 0.6) is 0 Å². The fraction of sp³-hybridized carbons (Fsp3) is 0.667. The molecule has 3 heteroatoms. The summed E-state index contributed by atoms with van der Waals surface area (Å²) in [7, 11) is 0. The van der Waals surface area contributed by atoms with Gasteiger partial charge in [-0.05, 0) is 13.3 Å². The molecule has 2 unspecified atom stereocenters. The summed E-state index contributed by atoms with van der Waals surface area (Å²) < 4.78 is 5.52. The Bertz CT molecular complexity index is 216. The summed E-state index contributed by atoms with van der Waals surface area (Å²) in [5, 5.41) is 9.66. The third-order valence-corrected chi connectivity index (χ3v) is 2.59. The van der Waals surface area contributed by atoms with Crippen molar-refractivity contribution in [2.45, 2.75) is 31.7 Å². The predicted molar refractivity (Wildman–Crippen MR) is 61.6 cm³/mol. The van der Waals surface area contributed by atoms with Gasteiger partial charge in [0.25, 0.3) is 0 Å². The van der Waals surface area contributed by atoms with Crippen LogP contribution in [-0.4, -0.2) is 41.5 Å². The van der Waals surface area contributed by atoms with Crippen LogP contribution < -0.4 is 0 Å². The quantitative estimate of drug-likeness (QED) is 0.677. The lowest BCUT2D eigenvalue weighted by Gasteiger charge is -2.24. The lowest BCUT2D eigenvalue weighted by molar-refractivity contribution is -0.180. The monoisotopic (exact) mass is 211 g/mol. The molecule has 0 amide bonds. The molecule has 1 aliphatic rings. The summed E-state index contributed by atoms with van der Waals surface area (Å²) >= 11 is 0. The van der Waals surface area contributed by atoms with E-state index in [-0.39, 0.29) is 6.10 Å². The molecular formula is C12H21NO2. The van der Waals surface area contributed by atoms with Gasteiger partial charge in [0.1, 0.15) is 0 Å². The van der Waals surface area contributed by atoms with Gasteiger partial charge in [-0.2, -0.15) is 0 Å². The molecule has 0 spiro atoms. The Hall–Kier alpha value is -0.640. The fourth-order valence-electron chi connectivity index (χ4n) is 1.91. The maximum atomic E-state index is 9.66. The van der Waals surface area contributed by atoms with Gasteiger partial charge < -0.3 is 9.84 Å². The van der Waals surface area contributed by atoms with Crippen molar-refractivity contribution >= 4 is 0 Å².